The van der Waals surface area contributed by atoms with Gasteiger partial charge in [-0.3, -0.25) is 4.79 Å². The second-order valence-electron chi connectivity index (χ2n) is 5.75. The average molecular weight is 360 g/mol. The van der Waals surface area contributed by atoms with Crippen molar-refractivity contribution in [2.45, 2.75) is 57.7 Å². The van der Waals surface area contributed by atoms with Gasteiger partial charge in [0.05, 0.1) is 12.2 Å². The molecular weight excluding hydrogens is 328 g/mol. The highest BCUT2D eigenvalue weighted by atomic mass is 16.4. The van der Waals surface area contributed by atoms with E-state index < -0.39 is 18.2 Å². The van der Waals surface area contributed by atoms with Crippen LogP contribution >= 0.6 is 0 Å². The molecule has 0 aliphatic rings. The van der Waals surface area contributed by atoms with Crippen molar-refractivity contribution >= 4 is 5.97 Å². The van der Waals surface area contributed by atoms with Crippen LogP contribution in [0.2, 0.25) is 0 Å². The van der Waals surface area contributed by atoms with E-state index in [9.17, 15) is 15.0 Å². The van der Waals surface area contributed by atoms with Crippen molar-refractivity contribution in [3.63, 3.8) is 0 Å². The summed E-state index contributed by atoms with van der Waals surface area (Å²) < 4.78 is 0. The van der Waals surface area contributed by atoms with E-state index >= 15 is 0 Å². The van der Waals surface area contributed by atoms with Gasteiger partial charge in [-0.25, -0.2) is 0 Å². The van der Waals surface area contributed by atoms with Crippen molar-refractivity contribution in [2.24, 2.45) is 0 Å². The second-order valence-corrected chi connectivity index (χ2v) is 5.75. The normalized spacial score (nSPS) is 15.5. The van der Waals surface area contributed by atoms with Crippen LogP contribution in [0.1, 0.15) is 45.4 Å². The summed E-state index contributed by atoms with van der Waals surface area (Å²) in [6.07, 6.45) is 24.8. The highest BCUT2D eigenvalue weighted by Crippen LogP contribution is 2.00. The van der Waals surface area contributed by atoms with Crippen LogP contribution in [0.5, 0.6) is 0 Å². The molecule has 0 saturated carbocycles. The molecule has 0 aliphatic carbocycles. The van der Waals surface area contributed by atoms with E-state index in [1.165, 1.54) is 0 Å². The molecule has 3 N–H and O–H groups in total. The number of aliphatic hydroxyl groups is 2. The van der Waals surface area contributed by atoms with Gasteiger partial charge in [0, 0.05) is 6.42 Å². The SMILES string of the molecule is CC/C=C\C[C@@H](O)\C=C/C=C/C=C/C(O)C/C=C\C/C=C\CCC(=O)O. The summed E-state index contributed by atoms with van der Waals surface area (Å²) in [6, 6.07) is 0. The van der Waals surface area contributed by atoms with E-state index in [4.69, 9.17) is 5.11 Å². The first kappa shape index (κ1) is 23.8. The maximum Gasteiger partial charge on any atom is 0.303 e. The van der Waals surface area contributed by atoms with Gasteiger partial charge in [0.25, 0.3) is 0 Å². The zero-order valence-corrected chi connectivity index (χ0v) is 15.6. The monoisotopic (exact) mass is 360 g/mol. The second kappa shape index (κ2) is 17.6. The molecule has 0 aromatic heterocycles. The lowest BCUT2D eigenvalue weighted by atomic mass is 10.2. The van der Waals surface area contributed by atoms with E-state index in [2.05, 4.69) is 6.92 Å². The third kappa shape index (κ3) is 18.2. The Morgan fingerprint density at radius 1 is 0.808 bits per heavy atom. The molecule has 144 valence electrons. The van der Waals surface area contributed by atoms with Gasteiger partial charge in [-0.2, -0.15) is 0 Å². The maximum atomic E-state index is 10.3. The first-order chi connectivity index (χ1) is 12.6. The quantitative estimate of drug-likeness (QED) is 0.315. The summed E-state index contributed by atoms with van der Waals surface area (Å²) in [4.78, 5) is 10.3. The lowest BCUT2D eigenvalue weighted by molar-refractivity contribution is -0.136. The summed E-state index contributed by atoms with van der Waals surface area (Å²) >= 11 is 0. The smallest absolute Gasteiger partial charge is 0.303 e. The molecule has 0 bridgehead atoms. The number of hydrogen-bond donors (Lipinski definition) is 3. The summed E-state index contributed by atoms with van der Waals surface area (Å²) in [7, 11) is 0. The first-order valence-corrected chi connectivity index (χ1v) is 9.10. The summed E-state index contributed by atoms with van der Waals surface area (Å²) in [5.41, 5.74) is 0. The van der Waals surface area contributed by atoms with Crippen molar-refractivity contribution in [3.05, 3.63) is 72.9 Å². The Kier molecular flexibility index (Phi) is 16.2. The van der Waals surface area contributed by atoms with Crippen LogP contribution in [0.4, 0.5) is 0 Å². The van der Waals surface area contributed by atoms with Crippen molar-refractivity contribution in [3.8, 4) is 0 Å². The number of carboxylic acids is 1. The van der Waals surface area contributed by atoms with Crippen molar-refractivity contribution < 1.29 is 20.1 Å². The lowest BCUT2D eigenvalue weighted by Gasteiger charge is -1.99. The topological polar surface area (TPSA) is 77.8 Å². The van der Waals surface area contributed by atoms with E-state index in [0.717, 1.165) is 12.8 Å². The number of rotatable bonds is 14. The Morgan fingerprint density at radius 2 is 1.35 bits per heavy atom. The zero-order valence-electron chi connectivity index (χ0n) is 15.6. The van der Waals surface area contributed by atoms with E-state index in [1.807, 2.05) is 48.6 Å². The van der Waals surface area contributed by atoms with Crippen LogP contribution in [0.25, 0.3) is 0 Å². The summed E-state index contributed by atoms with van der Waals surface area (Å²) in [6.45, 7) is 2.06. The third-order valence-corrected chi connectivity index (χ3v) is 3.29. The number of aliphatic hydroxyl groups excluding tert-OH is 2. The maximum absolute atomic E-state index is 10.3. The number of allylic oxidation sites excluding steroid dienone is 8. The van der Waals surface area contributed by atoms with Gasteiger partial charge < -0.3 is 15.3 Å². The highest BCUT2D eigenvalue weighted by molar-refractivity contribution is 5.66. The van der Waals surface area contributed by atoms with Crippen molar-refractivity contribution in [1.29, 1.82) is 0 Å². The number of carboxylic acid groups (broad SMARTS) is 1. The van der Waals surface area contributed by atoms with Crippen LogP contribution in [-0.2, 0) is 4.79 Å². The zero-order chi connectivity index (χ0) is 19.5. The molecule has 1 unspecified atom stereocenters. The van der Waals surface area contributed by atoms with Crippen LogP contribution in [0, 0.1) is 0 Å². The molecule has 0 spiro atoms. The largest absolute Gasteiger partial charge is 0.481 e. The predicted octanol–water partition coefficient (Wildman–Crippen LogP) is 4.49. The fourth-order valence-electron chi connectivity index (χ4n) is 1.90. The minimum Gasteiger partial charge on any atom is -0.481 e. The van der Waals surface area contributed by atoms with Gasteiger partial charge in [-0.15, -0.1) is 0 Å². The van der Waals surface area contributed by atoms with Gasteiger partial charge in [0.2, 0.25) is 0 Å². The molecule has 0 aromatic carbocycles. The molecular formula is C22H32O4. The van der Waals surface area contributed by atoms with Gasteiger partial charge in [-0.05, 0) is 32.1 Å². The molecule has 0 fully saturated rings. The first-order valence-electron chi connectivity index (χ1n) is 9.10. The Balaban J connectivity index is 3.87. The molecule has 26 heavy (non-hydrogen) atoms. The molecule has 4 nitrogen and oxygen atoms in total. The van der Waals surface area contributed by atoms with Gasteiger partial charge in [0.15, 0.2) is 0 Å². The molecule has 2 atom stereocenters. The molecule has 0 aliphatic heterocycles. The van der Waals surface area contributed by atoms with E-state index in [1.54, 1.807) is 24.3 Å². The summed E-state index contributed by atoms with van der Waals surface area (Å²) in [5, 5.41) is 28.0. The Bertz CT molecular complexity index is 524. The van der Waals surface area contributed by atoms with Crippen molar-refractivity contribution in [1.82, 2.24) is 0 Å². The lowest BCUT2D eigenvalue weighted by Crippen LogP contribution is -1.98. The Morgan fingerprint density at radius 3 is 1.88 bits per heavy atom. The third-order valence-electron chi connectivity index (χ3n) is 3.29. The van der Waals surface area contributed by atoms with Gasteiger partial charge in [-0.1, -0.05) is 79.8 Å². The molecule has 0 heterocycles. The molecule has 4 heteroatoms. The highest BCUT2D eigenvalue weighted by Gasteiger charge is 1.94. The van der Waals surface area contributed by atoms with E-state index in [-0.39, 0.29) is 6.42 Å². The summed E-state index contributed by atoms with van der Waals surface area (Å²) in [5.74, 6) is -0.787. The molecule has 0 amide bonds. The number of carbonyl (C=O) groups is 1. The average Bonchev–Trinajstić information content (AvgIpc) is 2.60. The fraction of sp³-hybridized carbons (Fsp3) is 0.409. The minimum absolute atomic E-state index is 0.154. The molecule has 0 radical (unpaired) electrons. The van der Waals surface area contributed by atoms with Crippen LogP contribution in [0.3, 0.4) is 0 Å². The van der Waals surface area contributed by atoms with Crippen LogP contribution in [-0.4, -0.2) is 33.5 Å². The molecule has 0 rings (SSSR count). The number of aliphatic carboxylic acids is 1. The molecule has 0 saturated heterocycles. The fourth-order valence-corrected chi connectivity index (χ4v) is 1.90. The van der Waals surface area contributed by atoms with E-state index in [0.29, 0.717) is 19.3 Å². The minimum atomic E-state index is -0.787. The predicted molar refractivity (Wildman–Crippen MR) is 108 cm³/mol. The van der Waals surface area contributed by atoms with Crippen LogP contribution < -0.4 is 0 Å². The Hall–Kier alpha value is -2.17. The van der Waals surface area contributed by atoms with Gasteiger partial charge >= 0.3 is 5.97 Å². The van der Waals surface area contributed by atoms with Crippen LogP contribution in [0.15, 0.2) is 72.9 Å². The Labute approximate surface area is 157 Å². The standard InChI is InChI=1S/C22H32O4/c1-2-3-10-15-20(23)17-12-8-9-13-18-21(24)16-11-6-4-5-7-14-19-22(25)26/h3,5-13,17-18,20-21,23-24H,2,4,14-16,19H2,1H3,(H,25,26)/b7-5-,9-8+,10-3-,11-6-,17-12-,18-13+/t20-,21?/m1/s1. The van der Waals surface area contributed by atoms with Gasteiger partial charge in [0.1, 0.15) is 0 Å². The molecule has 0 aromatic rings. The number of hydrogen-bond acceptors (Lipinski definition) is 3. The van der Waals surface area contributed by atoms with Crippen molar-refractivity contribution in [2.75, 3.05) is 0 Å².